The van der Waals surface area contributed by atoms with Gasteiger partial charge in [-0.15, -0.1) is 0 Å². The third-order valence-corrected chi connectivity index (χ3v) is 7.12. The normalized spacial score (nSPS) is 11.9. The molecule has 2 aromatic rings. The first kappa shape index (κ1) is 30.2. The second kappa shape index (κ2) is 19.1. The fourth-order valence-electron chi connectivity index (χ4n) is 3.95. The molecule has 0 aliphatic heterocycles. The molecule has 0 amide bonds. The van der Waals surface area contributed by atoms with Crippen LogP contribution in [0.3, 0.4) is 0 Å². The number of carbonyl (C=O) groups is 1. The number of thioether (sulfide) groups is 1. The van der Waals surface area contributed by atoms with Crippen molar-refractivity contribution in [2.45, 2.75) is 108 Å². The minimum Gasteiger partial charge on any atom is -0.494 e. The van der Waals surface area contributed by atoms with Crippen LogP contribution in [0.1, 0.15) is 108 Å². The standard InChI is InChI=1S/C31H45FO3S/c1-3-5-7-9-11-13-15-27(32)25-35-29-18-16-26(17-19-29)31(33)36-30-22-20-28(21-23-30)34-24-14-12-10-8-6-4-2/h16-23,27H,3-15,24-25H2,1-2H3. The van der Waals surface area contributed by atoms with Crippen molar-refractivity contribution in [1.29, 1.82) is 0 Å². The maximum absolute atomic E-state index is 14.1. The lowest BCUT2D eigenvalue weighted by atomic mass is 10.1. The largest absolute Gasteiger partial charge is 0.494 e. The molecule has 0 N–H and O–H groups in total. The van der Waals surface area contributed by atoms with Crippen molar-refractivity contribution in [3.63, 3.8) is 0 Å². The molecule has 3 nitrogen and oxygen atoms in total. The van der Waals surface area contributed by atoms with Crippen LogP contribution in [0.2, 0.25) is 0 Å². The Bertz CT molecular complexity index is 823. The number of ether oxygens (including phenoxy) is 2. The van der Waals surface area contributed by atoms with Gasteiger partial charge in [-0.1, -0.05) is 84.5 Å². The summed E-state index contributed by atoms with van der Waals surface area (Å²) in [6.45, 7) is 5.22. The number of hydrogen-bond acceptors (Lipinski definition) is 4. The second-order valence-electron chi connectivity index (χ2n) is 9.47. The molecule has 0 saturated heterocycles. The predicted molar refractivity (Wildman–Crippen MR) is 150 cm³/mol. The molecular formula is C31H45FO3S. The lowest BCUT2D eigenvalue weighted by Crippen LogP contribution is -2.12. The maximum Gasteiger partial charge on any atom is 0.224 e. The van der Waals surface area contributed by atoms with Crippen molar-refractivity contribution in [2.75, 3.05) is 13.2 Å². The topological polar surface area (TPSA) is 35.5 Å². The van der Waals surface area contributed by atoms with Crippen molar-refractivity contribution >= 4 is 16.9 Å². The molecule has 2 rings (SSSR count). The fraction of sp³-hybridized carbons (Fsp3) is 0.581. The van der Waals surface area contributed by atoms with Gasteiger partial charge in [0.2, 0.25) is 5.12 Å². The summed E-state index contributed by atoms with van der Waals surface area (Å²) in [5.41, 5.74) is 0.597. The molecule has 0 fully saturated rings. The summed E-state index contributed by atoms with van der Waals surface area (Å²) in [6, 6.07) is 14.6. The predicted octanol–water partition coefficient (Wildman–Crippen LogP) is 9.83. The minimum absolute atomic E-state index is 0.0336. The zero-order valence-electron chi connectivity index (χ0n) is 22.3. The van der Waals surface area contributed by atoms with Gasteiger partial charge in [0, 0.05) is 10.5 Å². The molecule has 1 unspecified atom stereocenters. The highest BCUT2D eigenvalue weighted by Gasteiger charge is 2.11. The van der Waals surface area contributed by atoms with E-state index in [1.165, 1.54) is 69.5 Å². The van der Waals surface area contributed by atoms with Gasteiger partial charge in [-0.25, -0.2) is 4.39 Å². The van der Waals surface area contributed by atoms with Crippen LogP contribution in [-0.2, 0) is 0 Å². The van der Waals surface area contributed by atoms with E-state index in [4.69, 9.17) is 9.47 Å². The summed E-state index contributed by atoms with van der Waals surface area (Å²) in [5.74, 6) is 1.43. The Morgan fingerprint density at radius 3 is 1.89 bits per heavy atom. The minimum atomic E-state index is -0.953. The second-order valence-corrected chi connectivity index (χ2v) is 10.5. The number of hydrogen-bond donors (Lipinski definition) is 0. The first-order chi connectivity index (χ1) is 17.6. The van der Waals surface area contributed by atoms with E-state index in [1.807, 2.05) is 24.3 Å². The summed E-state index contributed by atoms with van der Waals surface area (Å²) >= 11 is 1.19. The number of halogens is 1. The van der Waals surface area contributed by atoms with E-state index in [2.05, 4.69) is 13.8 Å². The van der Waals surface area contributed by atoms with E-state index in [9.17, 15) is 9.18 Å². The first-order valence-electron chi connectivity index (χ1n) is 13.9. The van der Waals surface area contributed by atoms with Crippen molar-refractivity contribution in [3.8, 4) is 11.5 Å². The zero-order chi connectivity index (χ0) is 25.8. The quantitative estimate of drug-likeness (QED) is 0.130. The third-order valence-electron chi connectivity index (χ3n) is 6.19. The first-order valence-corrected chi connectivity index (χ1v) is 14.8. The van der Waals surface area contributed by atoms with E-state index >= 15 is 0 Å². The molecule has 5 heteroatoms. The Morgan fingerprint density at radius 2 is 1.25 bits per heavy atom. The molecule has 0 radical (unpaired) electrons. The zero-order valence-corrected chi connectivity index (χ0v) is 23.1. The number of carbonyl (C=O) groups excluding carboxylic acids is 1. The number of unbranched alkanes of at least 4 members (excludes halogenated alkanes) is 10. The van der Waals surface area contributed by atoms with Gasteiger partial charge in [0.25, 0.3) is 0 Å². The fourth-order valence-corrected chi connectivity index (χ4v) is 4.69. The monoisotopic (exact) mass is 516 g/mol. The Kier molecular flexibility index (Phi) is 16.1. The van der Waals surface area contributed by atoms with Gasteiger partial charge in [0.1, 0.15) is 24.3 Å². The maximum atomic E-state index is 14.1. The highest BCUT2D eigenvalue weighted by molar-refractivity contribution is 8.14. The molecule has 0 bridgehead atoms. The van der Waals surface area contributed by atoms with Gasteiger partial charge in [0.15, 0.2) is 0 Å². The van der Waals surface area contributed by atoms with Crippen LogP contribution in [0.25, 0.3) is 0 Å². The summed E-state index contributed by atoms with van der Waals surface area (Å²) in [4.78, 5) is 13.5. The van der Waals surface area contributed by atoms with Crippen LogP contribution in [0.15, 0.2) is 53.4 Å². The van der Waals surface area contributed by atoms with Crippen LogP contribution in [0, 0.1) is 0 Å². The van der Waals surface area contributed by atoms with Crippen molar-refractivity contribution in [3.05, 3.63) is 54.1 Å². The van der Waals surface area contributed by atoms with Crippen LogP contribution in [-0.4, -0.2) is 24.5 Å². The van der Waals surface area contributed by atoms with Gasteiger partial charge in [-0.05, 0) is 73.1 Å². The number of rotatable bonds is 20. The van der Waals surface area contributed by atoms with Crippen molar-refractivity contribution in [2.24, 2.45) is 0 Å². The highest BCUT2D eigenvalue weighted by atomic mass is 32.2. The molecule has 2 aromatic carbocycles. The Hall–Kier alpha value is -2.01. The molecule has 200 valence electrons. The molecule has 0 aliphatic carbocycles. The summed E-state index contributed by atoms with van der Waals surface area (Å²) in [5, 5.41) is -0.0336. The van der Waals surface area contributed by atoms with Crippen LogP contribution < -0.4 is 9.47 Å². The van der Waals surface area contributed by atoms with Crippen molar-refractivity contribution in [1.82, 2.24) is 0 Å². The van der Waals surface area contributed by atoms with Crippen molar-refractivity contribution < 1.29 is 18.7 Å². The third kappa shape index (κ3) is 13.3. The lowest BCUT2D eigenvalue weighted by Gasteiger charge is -2.11. The van der Waals surface area contributed by atoms with Crippen LogP contribution >= 0.6 is 11.8 Å². The Balaban J connectivity index is 1.65. The Labute approximate surface area is 222 Å². The lowest BCUT2D eigenvalue weighted by molar-refractivity contribution is 0.108. The molecular weight excluding hydrogens is 471 g/mol. The highest BCUT2D eigenvalue weighted by Crippen LogP contribution is 2.26. The summed E-state index contributed by atoms with van der Waals surface area (Å²) in [7, 11) is 0. The van der Waals surface area contributed by atoms with E-state index < -0.39 is 6.17 Å². The number of benzene rings is 2. The average molecular weight is 517 g/mol. The van der Waals surface area contributed by atoms with Gasteiger partial charge in [0.05, 0.1) is 6.61 Å². The van der Waals surface area contributed by atoms with E-state index in [0.717, 1.165) is 36.5 Å². The molecule has 0 spiro atoms. The van der Waals surface area contributed by atoms with Gasteiger partial charge in [-0.3, -0.25) is 4.79 Å². The molecule has 0 saturated carbocycles. The number of alkyl halides is 1. The van der Waals surface area contributed by atoms with E-state index in [-0.39, 0.29) is 11.7 Å². The van der Waals surface area contributed by atoms with E-state index in [1.54, 1.807) is 24.3 Å². The molecule has 1 atom stereocenters. The summed E-state index contributed by atoms with van der Waals surface area (Å²) < 4.78 is 25.5. The smallest absolute Gasteiger partial charge is 0.224 e. The summed E-state index contributed by atoms with van der Waals surface area (Å²) in [6.07, 6.45) is 14.0. The molecule has 0 aliphatic rings. The van der Waals surface area contributed by atoms with Gasteiger partial charge in [-0.2, -0.15) is 0 Å². The van der Waals surface area contributed by atoms with Crippen LogP contribution in [0.4, 0.5) is 4.39 Å². The van der Waals surface area contributed by atoms with Gasteiger partial charge >= 0.3 is 0 Å². The molecule has 36 heavy (non-hydrogen) atoms. The van der Waals surface area contributed by atoms with Crippen LogP contribution in [0.5, 0.6) is 11.5 Å². The molecule has 0 heterocycles. The van der Waals surface area contributed by atoms with E-state index in [0.29, 0.717) is 17.7 Å². The Morgan fingerprint density at radius 1 is 0.722 bits per heavy atom. The SMILES string of the molecule is CCCCCCCCOc1ccc(SC(=O)c2ccc(OCC(F)CCCCCCCC)cc2)cc1. The van der Waals surface area contributed by atoms with Gasteiger partial charge < -0.3 is 9.47 Å². The molecule has 0 aromatic heterocycles. The average Bonchev–Trinajstić information content (AvgIpc) is 2.90.